The normalized spacial score (nSPS) is 14.9. The summed E-state index contributed by atoms with van der Waals surface area (Å²) < 4.78 is 21.6. The first-order valence-corrected chi connectivity index (χ1v) is 11.3. The van der Waals surface area contributed by atoms with Gasteiger partial charge in [0.1, 0.15) is 5.76 Å². The predicted octanol–water partition coefficient (Wildman–Crippen LogP) is 2.34. The van der Waals surface area contributed by atoms with Crippen molar-refractivity contribution in [3.8, 4) is 11.5 Å². The monoisotopic (exact) mass is 444 g/mol. The second-order valence-corrected chi connectivity index (χ2v) is 7.66. The van der Waals surface area contributed by atoms with Gasteiger partial charge in [-0.3, -0.25) is 9.89 Å². The van der Waals surface area contributed by atoms with Crippen LogP contribution in [0, 0.1) is 0 Å². The zero-order valence-electron chi connectivity index (χ0n) is 19.3. The van der Waals surface area contributed by atoms with E-state index in [0.717, 1.165) is 95.0 Å². The number of aliphatic imine (C=N–C) groups is 1. The molecule has 3 rings (SSSR count). The molecular formula is C24H36N4O4. The minimum atomic E-state index is 0.742. The van der Waals surface area contributed by atoms with E-state index in [2.05, 4.69) is 21.6 Å². The third-order valence-corrected chi connectivity index (χ3v) is 5.40. The Labute approximate surface area is 190 Å². The molecule has 0 amide bonds. The van der Waals surface area contributed by atoms with Crippen molar-refractivity contribution in [3.05, 3.63) is 47.9 Å². The van der Waals surface area contributed by atoms with E-state index >= 15 is 0 Å². The van der Waals surface area contributed by atoms with Crippen molar-refractivity contribution in [2.45, 2.75) is 19.3 Å². The van der Waals surface area contributed by atoms with Crippen LogP contribution in [0.4, 0.5) is 0 Å². The minimum absolute atomic E-state index is 0.742. The summed E-state index contributed by atoms with van der Waals surface area (Å²) in [5.74, 6) is 3.29. The molecule has 0 unspecified atom stereocenters. The topological polar surface area (TPSA) is 80.5 Å². The van der Waals surface area contributed by atoms with E-state index in [1.165, 1.54) is 5.56 Å². The van der Waals surface area contributed by atoms with E-state index in [4.69, 9.17) is 23.6 Å². The Bertz CT molecular complexity index is 804. The largest absolute Gasteiger partial charge is 0.493 e. The van der Waals surface area contributed by atoms with Crippen LogP contribution in [0.1, 0.15) is 17.7 Å². The van der Waals surface area contributed by atoms with E-state index < -0.39 is 0 Å². The number of benzene rings is 1. The molecule has 1 saturated heterocycles. The summed E-state index contributed by atoms with van der Waals surface area (Å²) in [6, 6.07) is 9.93. The van der Waals surface area contributed by atoms with Crippen LogP contribution in [-0.2, 0) is 17.6 Å². The zero-order valence-corrected chi connectivity index (χ0v) is 19.3. The average Bonchev–Trinajstić information content (AvgIpc) is 3.35. The molecule has 0 bridgehead atoms. The van der Waals surface area contributed by atoms with Crippen LogP contribution in [0.2, 0.25) is 0 Å². The summed E-state index contributed by atoms with van der Waals surface area (Å²) in [6.45, 7) is 7.07. The highest BCUT2D eigenvalue weighted by Gasteiger charge is 2.09. The number of nitrogens with one attached hydrogen (secondary N) is 2. The van der Waals surface area contributed by atoms with Gasteiger partial charge in [0.25, 0.3) is 0 Å². The zero-order chi connectivity index (χ0) is 22.4. The molecule has 1 aromatic heterocycles. The molecule has 0 saturated carbocycles. The molecule has 1 aliphatic heterocycles. The lowest BCUT2D eigenvalue weighted by Gasteiger charge is -2.26. The molecule has 2 heterocycles. The van der Waals surface area contributed by atoms with E-state index in [9.17, 15) is 0 Å². The van der Waals surface area contributed by atoms with Gasteiger partial charge in [0.2, 0.25) is 0 Å². The van der Waals surface area contributed by atoms with E-state index in [-0.39, 0.29) is 0 Å². The molecule has 8 heteroatoms. The molecule has 0 radical (unpaired) electrons. The number of furan rings is 1. The van der Waals surface area contributed by atoms with Crippen molar-refractivity contribution in [2.24, 2.45) is 4.99 Å². The maximum Gasteiger partial charge on any atom is 0.191 e. The van der Waals surface area contributed by atoms with Crippen LogP contribution in [0.3, 0.4) is 0 Å². The molecule has 2 N–H and O–H groups in total. The van der Waals surface area contributed by atoms with Crippen molar-refractivity contribution < 1.29 is 18.6 Å². The van der Waals surface area contributed by atoms with Crippen molar-refractivity contribution in [2.75, 3.05) is 66.7 Å². The Hall–Kier alpha value is -2.71. The Morgan fingerprint density at radius 1 is 1.03 bits per heavy atom. The summed E-state index contributed by atoms with van der Waals surface area (Å²) in [5, 5.41) is 6.88. The lowest BCUT2D eigenvalue weighted by atomic mass is 10.1. The van der Waals surface area contributed by atoms with Gasteiger partial charge >= 0.3 is 0 Å². The summed E-state index contributed by atoms with van der Waals surface area (Å²) in [6.07, 6.45) is 4.41. The molecule has 32 heavy (non-hydrogen) atoms. The summed E-state index contributed by atoms with van der Waals surface area (Å²) in [4.78, 5) is 7.22. The van der Waals surface area contributed by atoms with Crippen LogP contribution in [-0.4, -0.2) is 77.6 Å². The highest BCUT2D eigenvalue weighted by atomic mass is 16.5. The first-order valence-electron chi connectivity index (χ1n) is 11.3. The molecule has 0 atom stereocenters. The molecule has 1 fully saturated rings. The molecule has 1 aliphatic rings. The van der Waals surface area contributed by atoms with E-state index in [1.54, 1.807) is 20.5 Å². The highest BCUT2D eigenvalue weighted by Crippen LogP contribution is 2.27. The molecule has 2 aromatic rings. The summed E-state index contributed by atoms with van der Waals surface area (Å²) in [5.41, 5.74) is 1.18. The average molecular weight is 445 g/mol. The van der Waals surface area contributed by atoms with Crippen LogP contribution in [0.5, 0.6) is 11.5 Å². The number of morpholine rings is 1. The van der Waals surface area contributed by atoms with Crippen molar-refractivity contribution in [1.82, 2.24) is 15.5 Å². The molecule has 8 nitrogen and oxygen atoms in total. The third-order valence-electron chi connectivity index (χ3n) is 5.40. The number of ether oxygens (including phenoxy) is 3. The smallest absolute Gasteiger partial charge is 0.191 e. The van der Waals surface area contributed by atoms with Crippen molar-refractivity contribution in [1.29, 1.82) is 0 Å². The SMILES string of the molecule is COc1ccc(CCNC(=NCCCN2CCOCC2)NCCc2ccco2)cc1OC. The Kier molecular flexibility index (Phi) is 10.2. The van der Waals surface area contributed by atoms with Gasteiger partial charge in [-0.05, 0) is 42.7 Å². The van der Waals surface area contributed by atoms with Crippen molar-refractivity contribution in [3.63, 3.8) is 0 Å². The van der Waals surface area contributed by atoms with Crippen LogP contribution in [0.25, 0.3) is 0 Å². The molecular weight excluding hydrogens is 408 g/mol. The fraction of sp³-hybridized carbons (Fsp3) is 0.542. The maximum absolute atomic E-state index is 5.42. The lowest BCUT2D eigenvalue weighted by molar-refractivity contribution is 0.0377. The lowest BCUT2D eigenvalue weighted by Crippen LogP contribution is -2.40. The van der Waals surface area contributed by atoms with Crippen LogP contribution in [0.15, 0.2) is 46.0 Å². The first kappa shape index (κ1) is 23.9. The molecule has 0 aliphatic carbocycles. The standard InChI is InChI=1S/C24H36N4O4/c1-29-22-7-6-20(19-23(22)30-2)8-11-26-24(27-12-9-21-5-3-16-32-21)25-10-4-13-28-14-17-31-18-15-28/h3,5-7,16,19H,4,8-15,17-18H2,1-2H3,(H2,25,26,27). The Balaban J connectivity index is 1.47. The third kappa shape index (κ3) is 8.09. The Morgan fingerprint density at radius 2 is 1.81 bits per heavy atom. The number of rotatable bonds is 12. The number of methoxy groups -OCH3 is 2. The molecule has 1 aromatic carbocycles. The van der Waals surface area contributed by atoms with Gasteiger partial charge in [-0.25, -0.2) is 0 Å². The summed E-state index contributed by atoms with van der Waals surface area (Å²) in [7, 11) is 3.31. The predicted molar refractivity (Wildman–Crippen MR) is 126 cm³/mol. The fourth-order valence-electron chi connectivity index (χ4n) is 3.60. The van der Waals surface area contributed by atoms with Gasteiger partial charge in [0.15, 0.2) is 17.5 Å². The number of nitrogens with zero attached hydrogens (tertiary/aromatic N) is 2. The van der Waals surface area contributed by atoms with Gasteiger partial charge in [-0.2, -0.15) is 0 Å². The van der Waals surface area contributed by atoms with Gasteiger partial charge < -0.3 is 29.3 Å². The van der Waals surface area contributed by atoms with Gasteiger partial charge in [0, 0.05) is 45.7 Å². The van der Waals surface area contributed by atoms with Gasteiger partial charge in [-0.1, -0.05) is 6.07 Å². The highest BCUT2D eigenvalue weighted by molar-refractivity contribution is 5.79. The van der Waals surface area contributed by atoms with Crippen molar-refractivity contribution >= 4 is 5.96 Å². The first-order chi connectivity index (χ1) is 15.8. The molecule has 0 spiro atoms. The second-order valence-electron chi connectivity index (χ2n) is 7.66. The van der Waals surface area contributed by atoms with E-state index in [1.807, 2.05) is 24.3 Å². The van der Waals surface area contributed by atoms with Gasteiger partial charge in [0.05, 0.1) is 33.7 Å². The summed E-state index contributed by atoms with van der Waals surface area (Å²) >= 11 is 0. The number of guanidine groups is 1. The van der Waals surface area contributed by atoms with E-state index in [0.29, 0.717) is 0 Å². The number of hydrogen-bond donors (Lipinski definition) is 2. The second kappa shape index (κ2) is 13.6. The van der Waals surface area contributed by atoms with Crippen LogP contribution >= 0.6 is 0 Å². The Morgan fingerprint density at radius 3 is 2.53 bits per heavy atom. The quantitative estimate of drug-likeness (QED) is 0.295. The van der Waals surface area contributed by atoms with Gasteiger partial charge in [-0.15, -0.1) is 0 Å². The number of hydrogen-bond acceptors (Lipinski definition) is 6. The van der Waals surface area contributed by atoms with Crippen LogP contribution < -0.4 is 20.1 Å². The minimum Gasteiger partial charge on any atom is -0.493 e. The fourth-order valence-corrected chi connectivity index (χ4v) is 3.60. The molecule has 176 valence electrons. The maximum atomic E-state index is 5.42.